The van der Waals surface area contributed by atoms with Crippen LogP contribution in [0.25, 0.3) is 11.3 Å². The molecule has 0 saturated heterocycles. The maximum atomic E-state index is 13.6. The highest BCUT2D eigenvalue weighted by molar-refractivity contribution is 7.14. The Morgan fingerprint density at radius 1 is 1.31 bits per heavy atom. The van der Waals surface area contributed by atoms with E-state index in [-0.39, 0.29) is 18.4 Å². The third kappa shape index (κ3) is 6.21. The van der Waals surface area contributed by atoms with E-state index in [1.54, 1.807) is 23.1 Å². The third-order valence-corrected chi connectivity index (χ3v) is 6.56. The molecule has 3 rings (SSSR count). The van der Waals surface area contributed by atoms with Crippen LogP contribution in [0.2, 0.25) is 10.0 Å². The van der Waals surface area contributed by atoms with Crippen molar-refractivity contribution in [1.82, 2.24) is 4.98 Å². The molecule has 1 aromatic heterocycles. The van der Waals surface area contributed by atoms with Crippen LogP contribution in [-0.2, 0) is 9.59 Å². The molecule has 1 aliphatic rings. The van der Waals surface area contributed by atoms with Crippen LogP contribution in [-0.4, -0.2) is 28.0 Å². The molecule has 1 aromatic carbocycles. The Kier molecular flexibility index (Phi) is 8.51. The van der Waals surface area contributed by atoms with Crippen molar-refractivity contribution < 1.29 is 14.7 Å². The SMILES string of the molecule is C/C=C\C(=C/CC)CC(CC(=O)O)C(=O)N(c1nc(-c2cc(Cl)ccc2Cl)cs1)C1CC1. The number of carbonyl (C=O) groups excluding carboxylic acids is 1. The lowest BCUT2D eigenvalue weighted by Gasteiger charge is -2.25. The van der Waals surface area contributed by atoms with Gasteiger partial charge in [0.2, 0.25) is 5.91 Å². The molecule has 1 saturated carbocycles. The van der Waals surface area contributed by atoms with Crippen molar-refractivity contribution in [3.8, 4) is 11.3 Å². The molecule has 1 N–H and O–H groups in total. The van der Waals surface area contributed by atoms with E-state index in [4.69, 9.17) is 23.2 Å². The van der Waals surface area contributed by atoms with Crippen LogP contribution in [0, 0.1) is 5.92 Å². The minimum absolute atomic E-state index is 0.0490. The molecule has 32 heavy (non-hydrogen) atoms. The molecule has 2 aromatic rings. The molecule has 1 amide bonds. The lowest BCUT2D eigenvalue weighted by molar-refractivity contribution is -0.140. The highest BCUT2D eigenvalue weighted by Crippen LogP contribution is 2.39. The summed E-state index contributed by atoms with van der Waals surface area (Å²) in [7, 11) is 0. The molecule has 1 atom stereocenters. The molecule has 170 valence electrons. The number of aromatic nitrogens is 1. The van der Waals surface area contributed by atoms with Gasteiger partial charge in [0.1, 0.15) is 0 Å². The number of amides is 1. The van der Waals surface area contributed by atoms with Gasteiger partial charge in [-0.25, -0.2) is 4.98 Å². The fourth-order valence-electron chi connectivity index (χ4n) is 3.59. The number of hydrogen-bond donors (Lipinski definition) is 1. The first-order valence-electron chi connectivity index (χ1n) is 10.6. The van der Waals surface area contributed by atoms with Gasteiger partial charge in [-0.15, -0.1) is 11.3 Å². The molecule has 5 nitrogen and oxygen atoms in total. The fraction of sp³-hybridized carbons (Fsp3) is 0.375. The summed E-state index contributed by atoms with van der Waals surface area (Å²) < 4.78 is 0. The summed E-state index contributed by atoms with van der Waals surface area (Å²) >= 11 is 13.8. The predicted molar refractivity (Wildman–Crippen MR) is 132 cm³/mol. The molecular formula is C24H26Cl2N2O3S. The Morgan fingerprint density at radius 2 is 2.06 bits per heavy atom. The summed E-state index contributed by atoms with van der Waals surface area (Å²) in [5.41, 5.74) is 2.32. The second-order valence-corrected chi connectivity index (χ2v) is 9.45. The number of thiazole rings is 1. The molecule has 0 aliphatic heterocycles. The zero-order chi connectivity index (χ0) is 23.3. The maximum Gasteiger partial charge on any atom is 0.304 e. The van der Waals surface area contributed by atoms with Crippen LogP contribution in [0.5, 0.6) is 0 Å². The number of carboxylic acids is 1. The van der Waals surface area contributed by atoms with Crippen molar-refractivity contribution in [3.63, 3.8) is 0 Å². The number of nitrogens with zero attached hydrogens (tertiary/aromatic N) is 2. The number of allylic oxidation sites excluding steroid dienone is 4. The second-order valence-electron chi connectivity index (χ2n) is 7.77. The number of aliphatic carboxylic acids is 1. The Labute approximate surface area is 202 Å². The van der Waals surface area contributed by atoms with E-state index in [2.05, 4.69) is 4.98 Å². The van der Waals surface area contributed by atoms with Crippen molar-refractivity contribution in [2.45, 2.75) is 52.0 Å². The summed E-state index contributed by atoms with van der Waals surface area (Å²) in [4.78, 5) is 31.5. The number of rotatable bonds is 10. The van der Waals surface area contributed by atoms with Crippen molar-refractivity contribution in [2.24, 2.45) is 5.92 Å². The van der Waals surface area contributed by atoms with Crippen molar-refractivity contribution in [3.05, 3.63) is 57.4 Å². The second kappa shape index (κ2) is 11.1. The quantitative estimate of drug-likeness (QED) is 0.362. The highest BCUT2D eigenvalue weighted by Gasteiger charge is 2.39. The van der Waals surface area contributed by atoms with Crippen LogP contribution in [0.4, 0.5) is 5.13 Å². The molecular weight excluding hydrogens is 467 g/mol. The molecule has 0 spiro atoms. The highest BCUT2D eigenvalue weighted by atomic mass is 35.5. The van der Waals surface area contributed by atoms with E-state index in [9.17, 15) is 14.7 Å². The van der Waals surface area contributed by atoms with Crippen LogP contribution in [0.3, 0.4) is 0 Å². The molecule has 1 fully saturated rings. The zero-order valence-corrected chi connectivity index (χ0v) is 20.4. The Bertz CT molecular complexity index is 1040. The van der Waals surface area contributed by atoms with Crippen molar-refractivity contribution in [1.29, 1.82) is 0 Å². The summed E-state index contributed by atoms with van der Waals surface area (Å²) in [6.07, 6.45) is 8.61. The largest absolute Gasteiger partial charge is 0.481 e. The van der Waals surface area contributed by atoms with E-state index in [0.29, 0.717) is 32.9 Å². The Hall–Kier alpha value is -2.15. The summed E-state index contributed by atoms with van der Waals surface area (Å²) in [6.45, 7) is 3.93. The van der Waals surface area contributed by atoms with E-state index in [1.807, 2.05) is 37.5 Å². The summed E-state index contributed by atoms with van der Waals surface area (Å²) in [5.74, 6) is -1.84. The molecule has 1 heterocycles. The smallest absolute Gasteiger partial charge is 0.304 e. The van der Waals surface area contributed by atoms with Gasteiger partial charge in [0.15, 0.2) is 5.13 Å². The minimum Gasteiger partial charge on any atom is -0.481 e. The molecule has 1 aliphatic carbocycles. The van der Waals surface area contributed by atoms with Gasteiger partial charge in [0, 0.05) is 22.0 Å². The minimum atomic E-state index is -0.985. The first-order valence-corrected chi connectivity index (χ1v) is 12.2. The van der Waals surface area contributed by atoms with Crippen LogP contribution >= 0.6 is 34.5 Å². The van der Waals surface area contributed by atoms with Crippen LogP contribution < -0.4 is 4.90 Å². The standard InChI is InChI=1S/C24H26Cl2N2O3S/c1-3-5-15(6-4-2)11-16(12-22(29)30)23(31)28(18-8-9-18)24-27-21(14-32-24)19-13-17(25)7-10-20(19)26/h3,5-7,10,13-14,16,18H,4,8-9,11-12H2,1-2H3,(H,29,30)/b5-3-,15-6+. The van der Waals surface area contributed by atoms with Gasteiger partial charge in [0.25, 0.3) is 0 Å². The predicted octanol–water partition coefficient (Wildman–Crippen LogP) is 7.01. The third-order valence-electron chi connectivity index (χ3n) is 5.15. The van der Waals surface area contributed by atoms with E-state index >= 15 is 0 Å². The zero-order valence-electron chi connectivity index (χ0n) is 18.1. The van der Waals surface area contributed by atoms with Crippen LogP contribution in [0.1, 0.15) is 46.0 Å². The lowest BCUT2D eigenvalue weighted by atomic mass is 9.93. The maximum absolute atomic E-state index is 13.6. The van der Waals surface area contributed by atoms with Crippen molar-refractivity contribution >= 4 is 51.5 Å². The van der Waals surface area contributed by atoms with Gasteiger partial charge in [0.05, 0.1) is 23.1 Å². The fourth-order valence-corrected chi connectivity index (χ4v) is 4.88. The van der Waals surface area contributed by atoms with E-state index in [0.717, 1.165) is 24.8 Å². The van der Waals surface area contributed by atoms with Gasteiger partial charge in [-0.1, -0.05) is 53.9 Å². The average molecular weight is 493 g/mol. The summed E-state index contributed by atoms with van der Waals surface area (Å²) in [6, 6.07) is 5.22. The lowest BCUT2D eigenvalue weighted by Crippen LogP contribution is -2.39. The summed E-state index contributed by atoms with van der Waals surface area (Å²) in [5, 5.41) is 13.0. The van der Waals surface area contributed by atoms with Crippen LogP contribution in [0.15, 0.2) is 47.4 Å². The average Bonchev–Trinajstić information content (AvgIpc) is 3.45. The first-order chi connectivity index (χ1) is 15.3. The van der Waals surface area contributed by atoms with E-state index < -0.39 is 11.9 Å². The number of halogens is 2. The monoisotopic (exact) mass is 492 g/mol. The van der Waals surface area contributed by atoms with Gasteiger partial charge < -0.3 is 5.11 Å². The van der Waals surface area contributed by atoms with Gasteiger partial charge in [-0.3, -0.25) is 14.5 Å². The Balaban J connectivity index is 1.92. The number of carboxylic acid groups (broad SMARTS) is 1. The molecule has 1 unspecified atom stereocenters. The number of hydrogen-bond acceptors (Lipinski definition) is 4. The van der Waals surface area contributed by atoms with E-state index in [1.165, 1.54) is 11.3 Å². The normalized spacial score (nSPS) is 15.2. The van der Waals surface area contributed by atoms with Gasteiger partial charge in [-0.2, -0.15) is 0 Å². The van der Waals surface area contributed by atoms with Crippen molar-refractivity contribution in [2.75, 3.05) is 4.90 Å². The topological polar surface area (TPSA) is 70.5 Å². The van der Waals surface area contributed by atoms with Gasteiger partial charge >= 0.3 is 5.97 Å². The Morgan fingerprint density at radius 3 is 2.69 bits per heavy atom. The molecule has 0 radical (unpaired) electrons. The number of benzene rings is 1. The molecule has 0 bridgehead atoms. The number of carbonyl (C=O) groups is 2. The first kappa shape index (κ1) is 24.5. The number of anilines is 1. The van der Waals surface area contributed by atoms with Gasteiger partial charge in [-0.05, 0) is 50.8 Å². The molecule has 8 heteroatoms.